The second-order valence-corrected chi connectivity index (χ2v) is 25.8. The van der Waals surface area contributed by atoms with Crippen molar-refractivity contribution in [2.45, 2.75) is 121 Å². The molecule has 4 aromatic rings. The standard InChI is InChI=1S/4C11H14N2O7S.2Rh/c4*1-7-10(11(14)15)12(6-20-7)21(18,19)9-4-2-8(3-5-9)13(16)17;;/h4*2-5,7,10-11,14-15H,6H2,1H3;;/t4*7-,10+;;/m1111../s1. The Hall–Kier alpha value is -5.11. The number of nitrogens with zero attached hydrogens (tertiary/aromatic N) is 8. The second-order valence-electron chi connectivity index (χ2n) is 18.2. The van der Waals surface area contributed by atoms with Gasteiger partial charge in [-0.15, -0.1) is 0 Å². The third kappa shape index (κ3) is 17.2. The summed E-state index contributed by atoms with van der Waals surface area (Å²) >= 11 is 0. The molecule has 0 bridgehead atoms. The molecule has 0 spiro atoms. The predicted octanol–water partition coefficient (Wildman–Crippen LogP) is -1.44. The van der Waals surface area contributed by atoms with E-state index in [0.717, 1.165) is 114 Å². The Kier molecular flexibility index (Phi) is 27.0. The smallest absolute Gasteiger partial charge is 0.269 e. The van der Waals surface area contributed by atoms with Gasteiger partial charge in [-0.05, 0) is 76.2 Å². The van der Waals surface area contributed by atoms with Crippen molar-refractivity contribution < 1.29 is 152 Å². The van der Waals surface area contributed by atoms with E-state index in [9.17, 15) is 115 Å². The van der Waals surface area contributed by atoms with Crippen LogP contribution in [0.1, 0.15) is 27.7 Å². The first kappa shape index (κ1) is 75.1. The van der Waals surface area contributed by atoms with Gasteiger partial charge in [0.05, 0.1) is 63.7 Å². The molecule has 4 fully saturated rings. The molecule has 0 saturated carbocycles. The average molecular weight is 1480 g/mol. The Bertz CT molecular complexity index is 2980. The first-order valence-corrected chi connectivity index (χ1v) is 29.7. The van der Waals surface area contributed by atoms with Crippen molar-refractivity contribution in [3.05, 3.63) is 138 Å². The Morgan fingerprint density at radius 3 is 0.605 bits per heavy atom. The molecule has 8 atom stereocenters. The van der Waals surface area contributed by atoms with Crippen LogP contribution in [0.2, 0.25) is 0 Å². The third-order valence-electron chi connectivity index (χ3n) is 13.0. The second kappa shape index (κ2) is 30.9. The van der Waals surface area contributed by atoms with E-state index in [4.69, 9.17) is 18.9 Å². The van der Waals surface area contributed by atoms with Crippen LogP contribution in [0.5, 0.6) is 0 Å². The van der Waals surface area contributed by atoms with Crippen LogP contribution in [0.25, 0.3) is 0 Å². The molecule has 86 heavy (non-hydrogen) atoms. The molecule has 0 amide bonds. The summed E-state index contributed by atoms with van der Waals surface area (Å²) in [6, 6.07) is 12.8. The molecule has 0 unspecified atom stereocenters. The van der Waals surface area contributed by atoms with Gasteiger partial charge in [-0.25, -0.2) is 33.7 Å². The van der Waals surface area contributed by atoms with Crippen LogP contribution >= 0.6 is 0 Å². The number of aliphatic hydroxyl groups excluding tert-OH is 4. The molecule has 0 aromatic heterocycles. The fourth-order valence-corrected chi connectivity index (χ4v) is 14.6. The average Bonchev–Trinajstić information content (AvgIpc) is 4.48. The van der Waals surface area contributed by atoms with Crippen molar-refractivity contribution in [1.29, 1.82) is 0 Å². The minimum Gasteiger partial charge on any atom is -0.367 e. The van der Waals surface area contributed by atoms with Gasteiger partial charge in [-0.2, -0.15) is 17.2 Å². The molecule has 36 nitrogen and oxygen atoms in total. The topological polar surface area (TPSA) is 521 Å². The van der Waals surface area contributed by atoms with Crippen LogP contribution in [0, 0.1) is 40.5 Å². The predicted molar refractivity (Wildman–Crippen MR) is 278 cm³/mol. The molecule has 4 aliphatic rings. The van der Waals surface area contributed by atoms with Crippen LogP contribution in [0.4, 0.5) is 22.7 Å². The van der Waals surface area contributed by atoms with Gasteiger partial charge in [-0.3, -0.25) is 40.5 Å². The van der Waals surface area contributed by atoms with Gasteiger partial charge in [0.15, 0.2) is 25.2 Å². The first-order valence-electron chi connectivity index (χ1n) is 24.0. The molecule has 482 valence electrons. The minimum absolute atomic E-state index is 0. The van der Waals surface area contributed by atoms with E-state index in [-0.39, 0.29) is 108 Å². The maximum absolute atomic E-state index is 12.4. The first-order chi connectivity index (χ1) is 39.0. The number of benzene rings is 4. The molecule has 4 heterocycles. The Morgan fingerprint density at radius 2 is 0.488 bits per heavy atom. The number of hydrogen-bond acceptors (Lipinski definition) is 28. The summed E-state index contributed by atoms with van der Waals surface area (Å²) in [6.45, 7) is 4.83. The number of nitro benzene ring substituents is 4. The molecule has 4 aliphatic heterocycles. The van der Waals surface area contributed by atoms with Gasteiger partial charge in [0.1, 0.15) is 51.1 Å². The van der Waals surface area contributed by atoms with E-state index in [1.807, 2.05) is 0 Å². The van der Waals surface area contributed by atoms with E-state index in [2.05, 4.69) is 0 Å². The maximum atomic E-state index is 12.4. The fourth-order valence-electron chi connectivity index (χ4n) is 8.42. The number of aliphatic hydroxyl groups is 8. The van der Waals surface area contributed by atoms with Crippen molar-refractivity contribution in [3.63, 3.8) is 0 Å². The normalized spacial score (nSPS) is 23.1. The Morgan fingerprint density at radius 1 is 0.349 bits per heavy atom. The van der Waals surface area contributed by atoms with Crippen molar-refractivity contribution in [2.24, 2.45) is 0 Å². The number of sulfonamides is 4. The number of hydrogen-bond donors (Lipinski definition) is 8. The van der Waals surface area contributed by atoms with Crippen molar-refractivity contribution in [2.75, 3.05) is 26.9 Å². The van der Waals surface area contributed by atoms with Crippen molar-refractivity contribution in [1.82, 2.24) is 17.2 Å². The minimum atomic E-state index is -4.04. The zero-order valence-corrected chi connectivity index (χ0v) is 51.2. The molecular formula is C44H56N8O28Rh2S4. The molecule has 2 radical (unpaired) electrons. The fraction of sp³-hybridized carbons (Fsp3) is 0.455. The SMILES string of the molecule is C[C@H]1OCN(S(=O)(=O)c2ccc([N+](=O)[O-])cc2)[C@@H]1C(O)O.C[C@H]1OCN(S(=O)(=O)c2ccc([N+](=O)[O-])cc2)[C@@H]1C(O)O.C[C@H]1OCN(S(=O)(=O)c2ccc([N+](=O)[O-])cc2)[C@@H]1C(O)O.C[C@H]1OCN(S(=O)(=O)c2ccc([N+](=O)[O-])cc2)[C@@H]1C(O)O.[Rh].[Rh]. The van der Waals surface area contributed by atoms with Crippen LogP contribution in [-0.2, 0) is 98.0 Å². The zero-order chi connectivity index (χ0) is 63.1. The van der Waals surface area contributed by atoms with Gasteiger partial charge in [-0.1, -0.05) is 0 Å². The maximum Gasteiger partial charge on any atom is 0.269 e. The molecule has 4 saturated heterocycles. The monoisotopic (exact) mass is 1480 g/mol. The third-order valence-corrected chi connectivity index (χ3v) is 20.3. The summed E-state index contributed by atoms with van der Waals surface area (Å²) in [7, 11) is -16.2. The van der Waals surface area contributed by atoms with E-state index >= 15 is 0 Å². The van der Waals surface area contributed by atoms with Crippen LogP contribution < -0.4 is 0 Å². The summed E-state index contributed by atoms with van der Waals surface area (Å²) < 4.78 is 123. The van der Waals surface area contributed by atoms with Crippen LogP contribution in [-0.4, -0.2) is 212 Å². The Labute approximate surface area is 514 Å². The summed E-state index contributed by atoms with van der Waals surface area (Å²) in [5.74, 6) is 0. The number of rotatable bonds is 16. The molecule has 8 rings (SSSR count). The van der Waals surface area contributed by atoms with Crippen molar-refractivity contribution >= 4 is 62.8 Å². The zero-order valence-electron chi connectivity index (χ0n) is 44.6. The van der Waals surface area contributed by atoms with Crippen LogP contribution in [0.3, 0.4) is 0 Å². The van der Waals surface area contributed by atoms with Gasteiger partial charge in [0.2, 0.25) is 40.1 Å². The van der Waals surface area contributed by atoms with E-state index in [1.54, 1.807) is 0 Å². The van der Waals surface area contributed by atoms with Crippen molar-refractivity contribution in [3.8, 4) is 0 Å². The quantitative estimate of drug-likeness (QED) is 0.0276. The molecule has 0 aliphatic carbocycles. The summed E-state index contributed by atoms with van der Waals surface area (Å²) in [4.78, 5) is 38.9. The molecule has 8 N–H and O–H groups in total. The largest absolute Gasteiger partial charge is 0.367 e. The number of non-ortho nitro benzene ring substituents is 4. The molecular weight excluding hydrogens is 1420 g/mol. The Balaban J connectivity index is 0.000000298. The summed E-state index contributed by atoms with van der Waals surface area (Å²) in [6.07, 6.45) is -10.3. The number of ether oxygens (including phenoxy) is 4. The van der Waals surface area contributed by atoms with Gasteiger partial charge >= 0.3 is 0 Å². The van der Waals surface area contributed by atoms with E-state index < -0.39 is 134 Å². The number of nitro groups is 4. The van der Waals surface area contributed by atoms with Gasteiger partial charge < -0.3 is 59.8 Å². The van der Waals surface area contributed by atoms with Crippen LogP contribution in [0.15, 0.2) is 117 Å². The van der Waals surface area contributed by atoms with E-state index in [0.29, 0.717) is 0 Å². The summed E-state index contributed by atoms with van der Waals surface area (Å²) in [5.41, 5.74) is -0.949. The molecule has 42 heteroatoms. The van der Waals surface area contributed by atoms with E-state index in [1.165, 1.54) is 27.7 Å². The molecule has 4 aromatic carbocycles. The summed E-state index contributed by atoms with van der Waals surface area (Å²) in [5, 5.41) is 117. The van der Waals surface area contributed by atoms with Gasteiger partial charge in [0.25, 0.3) is 22.7 Å². The van der Waals surface area contributed by atoms with Gasteiger partial charge in [0, 0.05) is 87.5 Å².